The Kier molecular flexibility index (Phi) is 8.99. The van der Waals surface area contributed by atoms with Crippen molar-refractivity contribution in [3.8, 4) is 0 Å². The molecule has 1 saturated heterocycles. The highest BCUT2D eigenvalue weighted by molar-refractivity contribution is 7.09. The number of likely N-dealkylation sites (tertiary alicyclic amines) is 1. The molecule has 0 radical (unpaired) electrons. The fourth-order valence-electron chi connectivity index (χ4n) is 3.18. The van der Waals surface area contributed by atoms with Crippen LogP contribution in [0.5, 0.6) is 0 Å². The number of nitrogens with one attached hydrogen (secondary N) is 2. The van der Waals surface area contributed by atoms with Crippen LogP contribution in [0.3, 0.4) is 0 Å². The Labute approximate surface area is 168 Å². The van der Waals surface area contributed by atoms with Gasteiger partial charge in [0.25, 0.3) is 0 Å². The van der Waals surface area contributed by atoms with Crippen LogP contribution < -0.4 is 10.6 Å². The van der Waals surface area contributed by atoms with Gasteiger partial charge in [-0.3, -0.25) is 4.99 Å². The number of methoxy groups -OCH3 is 1. The summed E-state index contributed by atoms with van der Waals surface area (Å²) in [6, 6.07) is 0.502. The summed E-state index contributed by atoms with van der Waals surface area (Å²) in [5, 5.41) is 10.4. The van der Waals surface area contributed by atoms with Crippen LogP contribution in [0.4, 0.5) is 0 Å². The minimum absolute atomic E-state index is 0.123. The molecule has 1 aromatic rings. The van der Waals surface area contributed by atoms with Crippen LogP contribution in [0.15, 0.2) is 10.4 Å². The number of hydrogen-bond acceptors (Lipinski definition) is 5. The van der Waals surface area contributed by atoms with Gasteiger partial charge in [-0.25, -0.2) is 4.98 Å². The number of rotatable bonds is 8. The number of thiazole rings is 1. The Morgan fingerprint density at radius 2 is 2.11 bits per heavy atom. The topological polar surface area (TPSA) is 61.8 Å². The van der Waals surface area contributed by atoms with E-state index >= 15 is 0 Å². The SMILES string of the molecule is CN=C(NCCc1nc(C(C)(C)C)cs1)NC1CCN(CCCOC)CC1. The van der Waals surface area contributed by atoms with E-state index in [2.05, 4.69) is 46.7 Å². The summed E-state index contributed by atoms with van der Waals surface area (Å²) in [7, 11) is 3.61. The molecule has 7 heteroatoms. The maximum Gasteiger partial charge on any atom is 0.191 e. The molecule has 0 unspecified atom stereocenters. The van der Waals surface area contributed by atoms with Crippen molar-refractivity contribution >= 4 is 17.3 Å². The van der Waals surface area contributed by atoms with Gasteiger partial charge in [0.05, 0.1) is 10.7 Å². The van der Waals surface area contributed by atoms with Gasteiger partial charge in [-0.1, -0.05) is 20.8 Å². The Morgan fingerprint density at radius 1 is 1.37 bits per heavy atom. The van der Waals surface area contributed by atoms with Crippen LogP contribution in [0, 0.1) is 0 Å². The Balaban J connectivity index is 1.67. The van der Waals surface area contributed by atoms with Crippen molar-refractivity contribution in [1.29, 1.82) is 0 Å². The summed E-state index contributed by atoms with van der Waals surface area (Å²) in [6.07, 6.45) is 4.37. The second kappa shape index (κ2) is 11.0. The Morgan fingerprint density at radius 3 is 2.70 bits per heavy atom. The first-order chi connectivity index (χ1) is 12.9. The molecule has 0 bridgehead atoms. The number of aromatic nitrogens is 1. The molecule has 1 aliphatic heterocycles. The van der Waals surface area contributed by atoms with Crippen molar-refractivity contribution in [2.24, 2.45) is 4.99 Å². The van der Waals surface area contributed by atoms with E-state index in [1.54, 1.807) is 18.4 Å². The van der Waals surface area contributed by atoms with Crippen LogP contribution in [0.25, 0.3) is 0 Å². The molecule has 154 valence electrons. The molecular weight excluding hydrogens is 358 g/mol. The zero-order valence-electron chi connectivity index (χ0n) is 17.7. The van der Waals surface area contributed by atoms with Crippen molar-refractivity contribution in [1.82, 2.24) is 20.5 Å². The molecule has 0 amide bonds. The number of guanidine groups is 1. The van der Waals surface area contributed by atoms with E-state index in [4.69, 9.17) is 9.72 Å². The zero-order valence-corrected chi connectivity index (χ0v) is 18.5. The molecule has 6 nitrogen and oxygen atoms in total. The maximum atomic E-state index is 5.14. The largest absolute Gasteiger partial charge is 0.385 e. The van der Waals surface area contributed by atoms with Crippen LogP contribution in [-0.2, 0) is 16.6 Å². The van der Waals surface area contributed by atoms with E-state index in [0.29, 0.717) is 6.04 Å². The fourth-order valence-corrected chi connectivity index (χ4v) is 4.20. The molecule has 1 aromatic heterocycles. The van der Waals surface area contributed by atoms with Gasteiger partial charge in [-0.05, 0) is 19.3 Å². The Hall–Kier alpha value is -1.18. The number of hydrogen-bond donors (Lipinski definition) is 2. The quantitative estimate of drug-likeness (QED) is 0.403. The fraction of sp³-hybridized carbons (Fsp3) is 0.800. The summed E-state index contributed by atoms with van der Waals surface area (Å²) in [5.41, 5.74) is 1.31. The van der Waals surface area contributed by atoms with Gasteiger partial charge in [-0.15, -0.1) is 11.3 Å². The highest BCUT2D eigenvalue weighted by Gasteiger charge is 2.20. The number of aliphatic imine (C=N–C) groups is 1. The van der Waals surface area contributed by atoms with E-state index in [1.165, 1.54) is 10.7 Å². The molecule has 2 N–H and O–H groups in total. The van der Waals surface area contributed by atoms with Gasteiger partial charge in [-0.2, -0.15) is 0 Å². The Bertz CT molecular complexity index is 573. The maximum absolute atomic E-state index is 5.14. The molecule has 0 saturated carbocycles. The zero-order chi connectivity index (χ0) is 19.7. The first-order valence-corrected chi connectivity index (χ1v) is 10.9. The molecule has 0 atom stereocenters. The summed E-state index contributed by atoms with van der Waals surface area (Å²) in [4.78, 5) is 11.7. The van der Waals surface area contributed by atoms with Gasteiger partial charge in [0.2, 0.25) is 0 Å². The summed E-state index contributed by atoms with van der Waals surface area (Å²) in [5.74, 6) is 0.903. The van der Waals surface area contributed by atoms with E-state index < -0.39 is 0 Å². The third-order valence-corrected chi connectivity index (χ3v) is 5.83. The van der Waals surface area contributed by atoms with Crippen LogP contribution in [0.2, 0.25) is 0 Å². The van der Waals surface area contributed by atoms with Crippen molar-refractivity contribution in [3.63, 3.8) is 0 Å². The van der Waals surface area contributed by atoms with Crippen LogP contribution in [-0.4, -0.2) is 68.8 Å². The standard InChI is InChI=1S/C20H37N5OS/c1-20(2,3)17-15-27-18(24-17)7-10-22-19(21-4)23-16-8-12-25(13-9-16)11-6-14-26-5/h15-16H,6-14H2,1-5H3,(H2,21,22,23). The van der Waals surface area contributed by atoms with Crippen molar-refractivity contribution in [3.05, 3.63) is 16.1 Å². The van der Waals surface area contributed by atoms with Gasteiger partial charge >= 0.3 is 0 Å². The third kappa shape index (κ3) is 7.76. The molecular formula is C20H37N5OS. The van der Waals surface area contributed by atoms with Crippen molar-refractivity contribution in [2.75, 3.05) is 46.9 Å². The molecule has 2 rings (SSSR count). The number of piperidine rings is 1. The number of nitrogens with zero attached hydrogens (tertiary/aromatic N) is 3. The molecule has 2 heterocycles. The molecule has 0 aromatic carbocycles. The van der Waals surface area contributed by atoms with E-state index in [1.807, 2.05) is 7.05 Å². The lowest BCUT2D eigenvalue weighted by molar-refractivity contribution is 0.155. The predicted molar refractivity (Wildman–Crippen MR) is 115 cm³/mol. The highest BCUT2D eigenvalue weighted by atomic mass is 32.1. The summed E-state index contributed by atoms with van der Waals surface area (Å²) in [6.45, 7) is 11.8. The van der Waals surface area contributed by atoms with Gasteiger partial charge < -0.3 is 20.3 Å². The summed E-state index contributed by atoms with van der Waals surface area (Å²) < 4.78 is 5.14. The molecule has 1 aliphatic rings. The number of ether oxygens (including phenoxy) is 1. The lowest BCUT2D eigenvalue weighted by Gasteiger charge is -2.33. The normalized spacial score (nSPS) is 17.3. The molecule has 1 fully saturated rings. The van der Waals surface area contributed by atoms with E-state index in [9.17, 15) is 0 Å². The monoisotopic (exact) mass is 395 g/mol. The minimum Gasteiger partial charge on any atom is -0.385 e. The lowest BCUT2D eigenvalue weighted by Crippen LogP contribution is -2.49. The lowest BCUT2D eigenvalue weighted by atomic mass is 9.93. The minimum atomic E-state index is 0.123. The summed E-state index contributed by atoms with van der Waals surface area (Å²) >= 11 is 1.75. The van der Waals surface area contributed by atoms with Crippen molar-refractivity contribution in [2.45, 2.75) is 57.9 Å². The first kappa shape index (κ1) is 22.1. The third-order valence-electron chi connectivity index (χ3n) is 4.93. The van der Waals surface area contributed by atoms with E-state index in [-0.39, 0.29) is 5.41 Å². The van der Waals surface area contributed by atoms with Gasteiger partial charge in [0.1, 0.15) is 0 Å². The second-order valence-corrected chi connectivity index (χ2v) is 9.17. The molecule has 0 spiro atoms. The smallest absolute Gasteiger partial charge is 0.191 e. The first-order valence-electron chi connectivity index (χ1n) is 10.1. The molecule has 27 heavy (non-hydrogen) atoms. The van der Waals surface area contributed by atoms with Crippen LogP contribution >= 0.6 is 11.3 Å². The predicted octanol–water partition coefficient (Wildman–Crippen LogP) is 2.65. The van der Waals surface area contributed by atoms with E-state index in [0.717, 1.165) is 64.4 Å². The van der Waals surface area contributed by atoms with Crippen molar-refractivity contribution < 1.29 is 4.74 Å². The van der Waals surface area contributed by atoms with Gasteiger partial charge in [0, 0.05) is 70.2 Å². The van der Waals surface area contributed by atoms with Gasteiger partial charge in [0.15, 0.2) is 5.96 Å². The highest BCUT2D eigenvalue weighted by Crippen LogP contribution is 2.23. The average Bonchev–Trinajstić information content (AvgIpc) is 3.12. The average molecular weight is 396 g/mol. The molecule has 0 aliphatic carbocycles. The second-order valence-electron chi connectivity index (χ2n) is 8.23. The van der Waals surface area contributed by atoms with Crippen LogP contribution in [0.1, 0.15) is 50.7 Å².